The van der Waals surface area contributed by atoms with Crippen LogP contribution >= 0.6 is 11.3 Å². The predicted molar refractivity (Wildman–Crippen MR) is 104 cm³/mol. The summed E-state index contributed by atoms with van der Waals surface area (Å²) in [6.45, 7) is 6.90. The van der Waals surface area contributed by atoms with Crippen molar-refractivity contribution in [3.63, 3.8) is 0 Å². The number of guanidine groups is 1. The Kier molecular flexibility index (Phi) is 5.86. The highest BCUT2D eigenvalue weighted by molar-refractivity contribution is 7.11. The van der Waals surface area contributed by atoms with Crippen LogP contribution in [0.5, 0.6) is 0 Å². The summed E-state index contributed by atoms with van der Waals surface area (Å²) < 4.78 is 0. The third-order valence-corrected chi connectivity index (χ3v) is 5.52. The zero-order valence-corrected chi connectivity index (χ0v) is 15.9. The van der Waals surface area contributed by atoms with Crippen LogP contribution in [0.4, 0.5) is 5.82 Å². The first-order valence-electron chi connectivity index (χ1n) is 8.72. The summed E-state index contributed by atoms with van der Waals surface area (Å²) in [5.74, 6) is 1.93. The molecule has 134 valence electrons. The highest BCUT2D eigenvalue weighted by Crippen LogP contribution is 2.18. The molecule has 0 aliphatic carbocycles. The van der Waals surface area contributed by atoms with Gasteiger partial charge in [-0.2, -0.15) is 0 Å². The van der Waals surface area contributed by atoms with E-state index in [1.807, 2.05) is 32.3 Å². The van der Waals surface area contributed by atoms with E-state index in [0.29, 0.717) is 6.04 Å². The molecule has 2 N–H and O–H groups in total. The lowest BCUT2D eigenvalue weighted by atomic mass is 10.1. The molecule has 0 atom stereocenters. The Labute approximate surface area is 153 Å². The summed E-state index contributed by atoms with van der Waals surface area (Å²) >= 11 is 1.74. The Morgan fingerprint density at radius 2 is 2.12 bits per heavy atom. The average molecular weight is 359 g/mol. The minimum Gasteiger partial charge on any atom is -0.356 e. The van der Waals surface area contributed by atoms with Gasteiger partial charge in [-0.25, -0.2) is 9.97 Å². The second-order valence-electron chi connectivity index (χ2n) is 6.26. The Bertz CT molecular complexity index is 704. The highest BCUT2D eigenvalue weighted by Gasteiger charge is 2.20. The monoisotopic (exact) mass is 358 g/mol. The maximum atomic E-state index is 4.47. The van der Waals surface area contributed by atoms with Gasteiger partial charge in [-0.15, -0.1) is 11.3 Å². The molecular weight excluding hydrogens is 332 g/mol. The third kappa shape index (κ3) is 4.69. The number of nitrogens with one attached hydrogen (secondary N) is 2. The molecule has 25 heavy (non-hydrogen) atoms. The molecule has 1 saturated heterocycles. The van der Waals surface area contributed by atoms with Crippen LogP contribution in [0.15, 0.2) is 29.4 Å². The largest absolute Gasteiger partial charge is 0.356 e. The summed E-state index contributed by atoms with van der Waals surface area (Å²) in [7, 11) is 1.82. The van der Waals surface area contributed by atoms with Crippen LogP contribution in [-0.4, -0.2) is 42.1 Å². The van der Waals surface area contributed by atoms with E-state index in [9.17, 15) is 0 Å². The minimum atomic E-state index is 0.440. The molecule has 0 saturated carbocycles. The van der Waals surface area contributed by atoms with Crippen LogP contribution in [0.3, 0.4) is 0 Å². The van der Waals surface area contributed by atoms with Crippen molar-refractivity contribution in [2.75, 3.05) is 25.0 Å². The minimum absolute atomic E-state index is 0.440. The van der Waals surface area contributed by atoms with Crippen LogP contribution < -0.4 is 15.5 Å². The number of hydrogen-bond acceptors (Lipinski definition) is 5. The number of hydrogen-bond donors (Lipinski definition) is 2. The highest BCUT2D eigenvalue weighted by atomic mass is 32.1. The van der Waals surface area contributed by atoms with Crippen molar-refractivity contribution in [3.05, 3.63) is 40.0 Å². The van der Waals surface area contributed by atoms with Gasteiger partial charge in [0.25, 0.3) is 0 Å². The number of rotatable bonds is 4. The third-order valence-electron chi connectivity index (χ3n) is 4.45. The van der Waals surface area contributed by atoms with Gasteiger partial charge in [0.2, 0.25) is 0 Å². The zero-order valence-electron chi connectivity index (χ0n) is 15.1. The number of aromatic nitrogens is 2. The van der Waals surface area contributed by atoms with Gasteiger partial charge in [-0.3, -0.25) is 4.99 Å². The molecular formula is C18H26N6S. The zero-order chi connectivity index (χ0) is 17.6. The van der Waals surface area contributed by atoms with Gasteiger partial charge < -0.3 is 15.5 Å². The van der Waals surface area contributed by atoms with E-state index in [4.69, 9.17) is 0 Å². The van der Waals surface area contributed by atoms with Gasteiger partial charge in [0.05, 0.1) is 17.2 Å². The van der Waals surface area contributed by atoms with Gasteiger partial charge in [-0.1, -0.05) is 6.07 Å². The average Bonchev–Trinajstić information content (AvgIpc) is 2.97. The number of aryl methyl sites for hydroxylation is 2. The van der Waals surface area contributed by atoms with Crippen LogP contribution in [0.25, 0.3) is 0 Å². The molecule has 0 unspecified atom stereocenters. The molecule has 1 aliphatic rings. The molecule has 7 heteroatoms. The number of thiazole rings is 1. The quantitative estimate of drug-likeness (QED) is 0.649. The molecule has 0 aromatic carbocycles. The molecule has 0 radical (unpaired) electrons. The van der Waals surface area contributed by atoms with Gasteiger partial charge in [0.1, 0.15) is 5.82 Å². The molecule has 0 spiro atoms. The molecule has 1 aliphatic heterocycles. The molecule has 3 rings (SSSR count). The van der Waals surface area contributed by atoms with Crippen molar-refractivity contribution in [2.24, 2.45) is 4.99 Å². The van der Waals surface area contributed by atoms with Crippen LogP contribution in [0.2, 0.25) is 0 Å². The summed E-state index contributed by atoms with van der Waals surface area (Å²) in [5, 5.41) is 8.07. The van der Waals surface area contributed by atoms with E-state index in [-0.39, 0.29) is 0 Å². The van der Waals surface area contributed by atoms with E-state index >= 15 is 0 Å². The van der Waals surface area contributed by atoms with Crippen LogP contribution in [-0.2, 0) is 6.54 Å². The van der Waals surface area contributed by atoms with Crippen molar-refractivity contribution in [1.29, 1.82) is 0 Å². The van der Waals surface area contributed by atoms with E-state index in [1.165, 1.54) is 4.88 Å². The molecule has 3 heterocycles. The topological polar surface area (TPSA) is 65.4 Å². The standard InChI is InChI=1S/C18H26N6S/c1-13-16(25-14(2)22-13)12-21-18(19-3)23-15-7-10-24(11-8-15)17-6-4-5-9-20-17/h4-6,9,15H,7-8,10-12H2,1-3H3,(H2,19,21,23). The molecule has 0 bridgehead atoms. The van der Waals surface area contributed by atoms with Crippen molar-refractivity contribution < 1.29 is 0 Å². The van der Waals surface area contributed by atoms with Crippen molar-refractivity contribution in [3.8, 4) is 0 Å². The molecule has 0 amide bonds. The summed E-state index contributed by atoms with van der Waals surface area (Å²) in [4.78, 5) is 16.9. The fraction of sp³-hybridized carbons (Fsp3) is 0.500. The van der Waals surface area contributed by atoms with Crippen molar-refractivity contribution in [2.45, 2.75) is 39.3 Å². The molecule has 6 nitrogen and oxygen atoms in total. The molecule has 2 aromatic rings. The molecule has 1 fully saturated rings. The first kappa shape index (κ1) is 17.7. The summed E-state index contributed by atoms with van der Waals surface area (Å²) in [6, 6.07) is 6.52. The Hall–Kier alpha value is -2.15. The Morgan fingerprint density at radius 1 is 1.32 bits per heavy atom. The van der Waals surface area contributed by atoms with E-state index in [2.05, 4.69) is 43.5 Å². The number of aliphatic imine (C=N–C) groups is 1. The lowest BCUT2D eigenvalue weighted by Gasteiger charge is -2.33. The maximum Gasteiger partial charge on any atom is 0.191 e. The second-order valence-corrected chi connectivity index (χ2v) is 7.55. The molecule has 2 aromatic heterocycles. The lowest BCUT2D eigenvalue weighted by Crippen LogP contribution is -2.48. The van der Waals surface area contributed by atoms with E-state index in [1.54, 1.807) is 11.3 Å². The van der Waals surface area contributed by atoms with Crippen LogP contribution in [0.1, 0.15) is 28.4 Å². The summed E-state index contributed by atoms with van der Waals surface area (Å²) in [5.41, 5.74) is 1.11. The van der Waals surface area contributed by atoms with E-state index < -0.39 is 0 Å². The van der Waals surface area contributed by atoms with Gasteiger partial charge in [-0.05, 0) is 38.8 Å². The smallest absolute Gasteiger partial charge is 0.191 e. The lowest BCUT2D eigenvalue weighted by molar-refractivity contribution is 0.459. The normalized spacial score (nSPS) is 16.1. The first-order valence-corrected chi connectivity index (χ1v) is 9.53. The first-order chi connectivity index (χ1) is 12.2. The van der Waals surface area contributed by atoms with E-state index in [0.717, 1.165) is 55.0 Å². The van der Waals surface area contributed by atoms with Gasteiger partial charge >= 0.3 is 0 Å². The van der Waals surface area contributed by atoms with Crippen LogP contribution in [0, 0.1) is 13.8 Å². The van der Waals surface area contributed by atoms with Crippen molar-refractivity contribution in [1.82, 2.24) is 20.6 Å². The predicted octanol–water partition coefficient (Wildman–Crippen LogP) is 2.49. The summed E-state index contributed by atoms with van der Waals surface area (Å²) in [6.07, 6.45) is 4.01. The SMILES string of the molecule is CN=C(NCc1sc(C)nc1C)NC1CCN(c2ccccn2)CC1. The number of nitrogens with zero attached hydrogens (tertiary/aromatic N) is 4. The number of piperidine rings is 1. The Balaban J connectivity index is 1.48. The fourth-order valence-electron chi connectivity index (χ4n) is 3.08. The fourth-order valence-corrected chi connectivity index (χ4v) is 3.96. The number of anilines is 1. The van der Waals surface area contributed by atoms with Gasteiger partial charge in [0, 0.05) is 37.3 Å². The maximum absolute atomic E-state index is 4.47. The van der Waals surface area contributed by atoms with Crippen molar-refractivity contribution >= 4 is 23.1 Å². The Morgan fingerprint density at radius 3 is 2.72 bits per heavy atom. The van der Waals surface area contributed by atoms with Gasteiger partial charge in [0.15, 0.2) is 5.96 Å². The number of pyridine rings is 1. The second kappa shape index (κ2) is 8.29.